The second kappa shape index (κ2) is 7.26. The van der Waals surface area contributed by atoms with Gasteiger partial charge in [-0.25, -0.2) is 4.79 Å². The first-order valence-corrected chi connectivity index (χ1v) is 7.11. The molecular weight excluding hydrogens is 296 g/mol. The van der Waals surface area contributed by atoms with Crippen molar-refractivity contribution in [2.75, 3.05) is 21.3 Å². The van der Waals surface area contributed by atoms with Crippen molar-refractivity contribution in [2.24, 2.45) is 0 Å². The lowest BCUT2D eigenvalue weighted by molar-refractivity contribution is -0.167. The fourth-order valence-electron chi connectivity index (χ4n) is 2.63. The van der Waals surface area contributed by atoms with E-state index < -0.39 is 17.7 Å². The Hall–Kier alpha value is -2.37. The maximum absolute atomic E-state index is 12.0. The maximum Gasteiger partial charge on any atom is 0.338 e. The number of aliphatic hydroxyl groups is 1. The molecule has 0 aliphatic carbocycles. The molecule has 122 valence electrons. The molecule has 2 atom stereocenters. The maximum atomic E-state index is 12.0. The highest BCUT2D eigenvalue weighted by Gasteiger charge is 2.46. The second-order valence-corrected chi connectivity index (χ2v) is 4.96. The highest BCUT2D eigenvalue weighted by Crippen LogP contribution is 2.37. The first-order valence-electron chi connectivity index (χ1n) is 7.11. The summed E-state index contributed by atoms with van der Waals surface area (Å²) in [6, 6.07) is 16.1. The molecule has 0 radical (unpaired) electrons. The molecule has 2 aromatic carbocycles. The first kappa shape index (κ1) is 17.0. The number of ether oxygens (including phenoxy) is 3. The lowest BCUT2D eigenvalue weighted by Crippen LogP contribution is -2.47. The number of hydrogen-bond acceptors (Lipinski definition) is 5. The van der Waals surface area contributed by atoms with E-state index in [9.17, 15) is 9.90 Å². The highest BCUT2D eigenvalue weighted by molar-refractivity contribution is 5.77. The summed E-state index contributed by atoms with van der Waals surface area (Å²) >= 11 is 0. The molecule has 0 bridgehead atoms. The van der Waals surface area contributed by atoms with E-state index in [0.717, 1.165) is 0 Å². The fourth-order valence-corrected chi connectivity index (χ4v) is 2.63. The number of carbonyl (C=O) groups is 1. The van der Waals surface area contributed by atoms with E-state index in [1.165, 1.54) is 14.2 Å². The topological polar surface area (TPSA) is 65.0 Å². The molecule has 0 saturated heterocycles. The van der Waals surface area contributed by atoms with Gasteiger partial charge >= 0.3 is 5.97 Å². The summed E-state index contributed by atoms with van der Waals surface area (Å²) in [6.45, 7) is 0. The zero-order valence-corrected chi connectivity index (χ0v) is 13.4. The number of methoxy groups -OCH3 is 3. The Labute approximate surface area is 135 Å². The van der Waals surface area contributed by atoms with Crippen molar-refractivity contribution >= 4 is 5.97 Å². The molecule has 0 fully saturated rings. The number of carbonyl (C=O) groups excluding carboxylic acids is 1. The summed E-state index contributed by atoms with van der Waals surface area (Å²) in [5.74, 6) is -0.106. The number of rotatable bonds is 6. The van der Waals surface area contributed by atoms with Gasteiger partial charge in [-0.1, -0.05) is 42.5 Å². The Kier molecular flexibility index (Phi) is 5.36. The zero-order chi connectivity index (χ0) is 16.9. The van der Waals surface area contributed by atoms with E-state index in [-0.39, 0.29) is 0 Å². The van der Waals surface area contributed by atoms with Gasteiger partial charge in [0.05, 0.1) is 14.2 Å². The number of esters is 1. The first-order chi connectivity index (χ1) is 11.1. The van der Waals surface area contributed by atoms with Crippen LogP contribution in [0.15, 0.2) is 54.6 Å². The van der Waals surface area contributed by atoms with Gasteiger partial charge in [-0.3, -0.25) is 0 Å². The van der Waals surface area contributed by atoms with Crippen LogP contribution in [0, 0.1) is 0 Å². The minimum Gasteiger partial charge on any atom is -0.497 e. The smallest absolute Gasteiger partial charge is 0.338 e. The Bertz CT molecular complexity index is 638. The van der Waals surface area contributed by atoms with E-state index in [2.05, 4.69) is 0 Å². The van der Waals surface area contributed by atoms with Crippen molar-refractivity contribution in [1.29, 1.82) is 0 Å². The molecule has 1 N–H and O–H groups in total. The minimum atomic E-state index is -1.52. The van der Waals surface area contributed by atoms with E-state index in [4.69, 9.17) is 14.2 Å². The number of benzene rings is 2. The summed E-state index contributed by atoms with van der Waals surface area (Å²) < 4.78 is 15.5. The highest BCUT2D eigenvalue weighted by atomic mass is 16.6. The number of aliphatic hydroxyl groups excluding tert-OH is 1. The van der Waals surface area contributed by atoms with Gasteiger partial charge in [0.15, 0.2) is 11.7 Å². The van der Waals surface area contributed by atoms with Crippen molar-refractivity contribution < 1.29 is 24.1 Å². The van der Waals surface area contributed by atoms with Gasteiger partial charge in [0, 0.05) is 7.11 Å². The van der Waals surface area contributed by atoms with Gasteiger partial charge < -0.3 is 19.3 Å². The van der Waals surface area contributed by atoms with Crippen LogP contribution in [-0.4, -0.2) is 38.5 Å². The molecule has 0 heterocycles. The van der Waals surface area contributed by atoms with Crippen LogP contribution >= 0.6 is 0 Å². The number of hydrogen-bond donors (Lipinski definition) is 1. The third-order valence-electron chi connectivity index (χ3n) is 3.85. The summed E-state index contributed by atoms with van der Waals surface area (Å²) in [6.07, 6.45) is -1.52. The minimum absolute atomic E-state index is 0.616. The summed E-state index contributed by atoms with van der Waals surface area (Å²) in [5, 5.41) is 10.6. The van der Waals surface area contributed by atoms with Crippen LogP contribution < -0.4 is 4.74 Å². The summed E-state index contributed by atoms with van der Waals surface area (Å²) in [7, 11) is 4.24. The van der Waals surface area contributed by atoms with Crippen molar-refractivity contribution in [3.8, 4) is 5.75 Å². The van der Waals surface area contributed by atoms with Gasteiger partial charge in [0.1, 0.15) is 5.75 Å². The molecule has 5 nitrogen and oxygen atoms in total. The van der Waals surface area contributed by atoms with Gasteiger partial charge in [-0.05, 0) is 23.3 Å². The molecule has 0 aliphatic heterocycles. The molecule has 0 aromatic heterocycles. The SMILES string of the molecule is COC(=O)C(O)C(OC)(c1ccccc1)c1ccc(OC)cc1. The third kappa shape index (κ3) is 3.06. The molecule has 2 unspecified atom stereocenters. The van der Waals surface area contributed by atoms with Crippen LogP contribution in [0.1, 0.15) is 11.1 Å². The van der Waals surface area contributed by atoms with Crippen LogP contribution in [-0.2, 0) is 19.9 Å². The zero-order valence-electron chi connectivity index (χ0n) is 13.4. The molecule has 5 heteroatoms. The molecule has 2 aromatic rings. The Balaban J connectivity index is 2.64. The standard InChI is InChI=1S/C18H20O5/c1-21-15-11-9-14(10-12-15)18(23-3,16(19)17(20)22-2)13-7-5-4-6-8-13/h4-12,16,19H,1-3H3. The van der Waals surface area contributed by atoms with Crippen LogP contribution in [0.4, 0.5) is 0 Å². The monoisotopic (exact) mass is 316 g/mol. The largest absolute Gasteiger partial charge is 0.497 e. The Morgan fingerprint density at radius 2 is 1.52 bits per heavy atom. The lowest BCUT2D eigenvalue weighted by Gasteiger charge is -2.36. The van der Waals surface area contributed by atoms with E-state index in [0.29, 0.717) is 16.9 Å². The van der Waals surface area contributed by atoms with Crippen LogP contribution in [0.3, 0.4) is 0 Å². The summed E-state index contributed by atoms with van der Waals surface area (Å²) in [5.41, 5.74) is -0.115. The van der Waals surface area contributed by atoms with E-state index >= 15 is 0 Å². The quantitative estimate of drug-likeness (QED) is 0.827. The van der Waals surface area contributed by atoms with Crippen LogP contribution in [0.25, 0.3) is 0 Å². The molecule has 2 rings (SSSR count). The third-order valence-corrected chi connectivity index (χ3v) is 3.85. The lowest BCUT2D eigenvalue weighted by atomic mass is 9.81. The van der Waals surface area contributed by atoms with Crippen molar-refractivity contribution in [3.63, 3.8) is 0 Å². The van der Waals surface area contributed by atoms with Crippen molar-refractivity contribution in [2.45, 2.75) is 11.7 Å². The van der Waals surface area contributed by atoms with Gasteiger partial charge in [0.25, 0.3) is 0 Å². The molecular formula is C18H20O5. The van der Waals surface area contributed by atoms with Gasteiger partial charge in [-0.15, -0.1) is 0 Å². The Morgan fingerprint density at radius 1 is 0.957 bits per heavy atom. The molecule has 23 heavy (non-hydrogen) atoms. The normalized spacial score (nSPS) is 14.6. The Morgan fingerprint density at radius 3 is 2.00 bits per heavy atom. The van der Waals surface area contributed by atoms with Crippen molar-refractivity contribution in [1.82, 2.24) is 0 Å². The fraction of sp³-hybridized carbons (Fsp3) is 0.278. The van der Waals surface area contributed by atoms with Gasteiger partial charge in [-0.2, -0.15) is 0 Å². The summed E-state index contributed by atoms with van der Waals surface area (Å²) in [4.78, 5) is 12.0. The second-order valence-electron chi connectivity index (χ2n) is 4.96. The molecule has 0 spiro atoms. The molecule has 0 saturated carbocycles. The predicted octanol–water partition coefficient (Wildman–Crippen LogP) is 2.12. The van der Waals surface area contributed by atoms with Gasteiger partial charge in [0.2, 0.25) is 0 Å². The average molecular weight is 316 g/mol. The predicted molar refractivity (Wildman–Crippen MR) is 85.2 cm³/mol. The van der Waals surface area contributed by atoms with Crippen LogP contribution in [0.5, 0.6) is 5.75 Å². The molecule has 0 amide bonds. The molecule has 0 aliphatic rings. The average Bonchev–Trinajstić information content (AvgIpc) is 2.63. The van der Waals surface area contributed by atoms with E-state index in [1.807, 2.05) is 18.2 Å². The van der Waals surface area contributed by atoms with Crippen molar-refractivity contribution in [3.05, 3.63) is 65.7 Å². The van der Waals surface area contributed by atoms with Crippen LogP contribution in [0.2, 0.25) is 0 Å². The van der Waals surface area contributed by atoms with E-state index in [1.54, 1.807) is 43.5 Å².